The van der Waals surface area contributed by atoms with Crippen molar-refractivity contribution in [3.05, 3.63) is 60.4 Å². The third kappa shape index (κ3) is 5.29. The monoisotopic (exact) mass is 342 g/mol. The number of hydrogen-bond acceptors (Lipinski definition) is 3. The summed E-state index contributed by atoms with van der Waals surface area (Å²) < 4.78 is 0. The highest BCUT2D eigenvalue weighted by Gasteiger charge is 2.38. The number of nitrogens with zero attached hydrogens (tertiary/aromatic N) is 3. The summed E-state index contributed by atoms with van der Waals surface area (Å²) in [5, 5.41) is 2.95. The molecular formula is C20H30N4O. The van der Waals surface area contributed by atoms with E-state index >= 15 is 0 Å². The lowest BCUT2D eigenvalue weighted by Crippen LogP contribution is -2.43. The molecule has 1 aliphatic rings. The van der Waals surface area contributed by atoms with Crippen LogP contribution in [-0.2, 0) is 5.41 Å². The van der Waals surface area contributed by atoms with E-state index in [0.29, 0.717) is 13.1 Å². The highest BCUT2D eigenvalue weighted by molar-refractivity contribution is 5.94. The smallest absolute Gasteiger partial charge is 0.322 e. The summed E-state index contributed by atoms with van der Waals surface area (Å²) in [6, 6.07) is 15.8. The maximum absolute atomic E-state index is 12.2. The number of urea groups is 1. The van der Waals surface area contributed by atoms with Gasteiger partial charge in [0, 0.05) is 32.7 Å². The molecular weight excluding hydrogens is 312 g/mol. The largest absolute Gasteiger partial charge is 0.336 e. The molecule has 2 amide bonds. The number of hydrogen-bond donors (Lipinski definition) is 1. The van der Waals surface area contributed by atoms with Crippen LogP contribution < -0.4 is 10.2 Å². The van der Waals surface area contributed by atoms with Crippen molar-refractivity contribution in [1.82, 2.24) is 15.2 Å². The lowest BCUT2D eigenvalue weighted by Gasteiger charge is -2.21. The number of carbonyl (C=O) groups excluding carboxylic acids is 1. The van der Waals surface area contributed by atoms with Gasteiger partial charge in [0.15, 0.2) is 0 Å². The molecule has 0 fully saturated rings. The molecule has 136 valence electrons. The van der Waals surface area contributed by atoms with E-state index in [2.05, 4.69) is 24.1 Å². The first-order valence-electron chi connectivity index (χ1n) is 8.57. The van der Waals surface area contributed by atoms with Crippen LogP contribution in [0.5, 0.6) is 0 Å². The van der Waals surface area contributed by atoms with E-state index < -0.39 is 0 Å². The third-order valence-electron chi connectivity index (χ3n) is 4.02. The molecule has 1 aromatic heterocycles. The van der Waals surface area contributed by atoms with Crippen molar-refractivity contribution < 1.29 is 6.22 Å². The van der Waals surface area contributed by atoms with Crippen molar-refractivity contribution in [2.45, 2.75) is 19.3 Å². The van der Waals surface area contributed by atoms with Crippen LogP contribution in [0.2, 0.25) is 0 Å². The first kappa shape index (κ1) is 18.9. The molecule has 2 aromatic rings. The molecule has 0 unspecified atom stereocenters. The number of nitrogens with one attached hydrogen (secondary N) is 1. The zero-order chi connectivity index (χ0) is 18.3. The average molecular weight is 342 g/mol. The molecule has 0 atom stereocenters. The van der Waals surface area contributed by atoms with Crippen LogP contribution in [0.15, 0.2) is 54.7 Å². The Labute approximate surface area is 152 Å². The Hall–Kier alpha value is -2.40. The molecule has 2 heterocycles. The van der Waals surface area contributed by atoms with Gasteiger partial charge >= 0.3 is 6.03 Å². The van der Waals surface area contributed by atoms with Gasteiger partial charge in [0.05, 0.1) is 11.4 Å². The minimum Gasteiger partial charge on any atom is -0.336 e. The lowest BCUT2D eigenvalue weighted by molar-refractivity contribution is 0.244. The zero-order valence-corrected chi connectivity index (χ0v) is 15.6. The quantitative estimate of drug-likeness (QED) is 0.930. The third-order valence-corrected chi connectivity index (χ3v) is 4.02. The summed E-state index contributed by atoms with van der Waals surface area (Å²) >= 11 is 0. The van der Waals surface area contributed by atoms with Gasteiger partial charge in [-0.2, -0.15) is 0 Å². The molecule has 1 aliphatic heterocycles. The highest BCUT2D eigenvalue weighted by Crippen LogP contribution is 2.38. The Bertz CT molecular complexity index is 650. The van der Waals surface area contributed by atoms with Gasteiger partial charge in [0.1, 0.15) is 0 Å². The first-order valence-corrected chi connectivity index (χ1v) is 8.57. The molecule has 0 aliphatic carbocycles. The molecule has 0 spiro atoms. The van der Waals surface area contributed by atoms with Crippen LogP contribution >= 0.6 is 0 Å². The van der Waals surface area contributed by atoms with Gasteiger partial charge in [-0.15, -0.1) is 0 Å². The SMILES string of the molecule is CN(C)CCNC(=O)N1CC(C)(C)c2ncccc21.[HH].c1ccccc1. The van der Waals surface area contributed by atoms with Gasteiger partial charge in [-0.05, 0) is 26.2 Å². The second kappa shape index (κ2) is 8.62. The fourth-order valence-corrected chi connectivity index (χ4v) is 2.74. The van der Waals surface area contributed by atoms with Crippen LogP contribution in [0.3, 0.4) is 0 Å². The van der Waals surface area contributed by atoms with Crippen molar-refractivity contribution in [1.29, 1.82) is 0 Å². The van der Waals surface area contributed by atoms with E-state index in [1.807, 2.05) is 67.5 Å². The molecule has 1 N–H and O–H groups in total. The molecule has 0 radical (unpaired) electrons. The fraction of sp³-hybridized carbons (Fsp3) is 0.400. The maximum Gasteiger partial charge on any atom is 0.322 e. The van der Waals surface area contributed by atoms with Crippen LogP contribution in [0.25, 0.3) is 0 Å². The number of pyridine rings is 1. The summed E-state index contributed by atoms with van der Waals surface area (Å²) in [7, 11) is 3.98. The van der Waals surface area contributed by atoms with Gasteiger partial charge in [0.25, 0.3) is 0 Å². The number of benzene rings is 1. The van der Waals surface area contributed by atoms with E-state index in [1.165, 1.54) is 0 Å². The maximum atomic E-state index is 12.2. The number of anilines is 1. The normalized spacial score (nSPS) is 14.5. The highest BCUT2D eigenvalue weighted by atomic mass is 16.2. The summed E-state index contributed by atoms with van der Waals surface area (Å²) in [5.41, 5.74) is 1.84. The first-order chi connectivity index (χ1) is 11.9. The van der Waals surface area contributed by atoms with E-state index in [1.54, 1.807) is 11.1 Å². The summed E-state index contributed by atoms with van der Waals surface area (Å²) in [5.74, 6) is 0. The van der Waals surface area contributed by atoms with Crippen molar-refractivity contribution in [2.75, 3.05) is 38.6 Å². The molecule has 3 rings (SSSR count). The second-order valence-electron chi connectivity index (χ2n) is 7.03. The molecule has 1 aromatic carbocycles. The molecule has 5 nitrogen and oxygen atoms in total. The van der Waals surface area contributed by atoms with Gasteiger partial charge in [-0.25, -0.2) is 4.79 Å². The number of aromatic nitrogens is 1. The average Bonchev–Trinajstić information content (AvgIpc) is 2.89. The predicted octanol–water partition coefficient (Wildman–Crippen LogP) is 3.38. The molecule has 5 heteroatoms. The number of amides is 2. The Morgan fingerprint density at radius 1 is 1.20 bits per heavy atom. The summed E-state index contributed by atoms with van der Waals surface area (Å²) in [6.07, 6.45) is 1.79. The minimum atomic E-state index is -0.0878. The van der Waals surface area contributed by atoms with Gasteiger partial charge in [-0.3, -0.25) is 9.88 Å². The van der Waals surface area contributed by atoms with Crippen molar-refractivity contribution >= 4 is 11.7 Å². The fourth-order valence-electron chi connectivity index (χ4n) is 2.74. The Kier molecular flexibility index (Phi) is 6.53. The minimum absolute atomic E-state index is 0. The zero-order valence-electron chi connectivity index (χ0n) is 15.6. The predicted molar refractivity (Wildman–Crippen MR) is 105 cm³/mol. The van der Waals surface area contributed by atoms with E-state index in [0.717, 1.165) is 17.9 Å². The molecule has 0 saturated heterocycles. The topological polar surface area (TPSA) is 48.5 Å². The number of carbonyl (C=O) groups is 1. The van der Waals surface area contributed by atoms with Gasteiger partial charge in [0.2, 0.25) is 0 Å². The van der Waals surface area contributed by atoms with Crippen LogP contribution in [-0.4, -0.2) is 49.6 Å². The summed E-state index contributed by atoms with van der Waals surface area (Å²) in [4.78, 5) is 20.5. The van der Waals surface area contributed by atoms with Crippen LogP contribution in [0.1, 0.15) is 21.0 Å². The van der Waals surface area contributed by atoms with Crippen LogP contribution in [0, 0.1) is 0 Å². The van der Waals surface area contributed by atoms with Crippen LogP contribution in [0.4, 0.5) is 10.5 Å². The van der Waals surface area contributed by atoms with E-state index in [9.17, 15) is 4.79 Å². The number of likely N-dealkylation sites (N-methyl/N-ethyl adjacent to an activating group) is 1. The standard InChI is InChI=1S/C14H22N4O.C6H6.H2/c1-14(2)10-18(11-6-5-7-15-12(11)14)13(19)16-8-9-17(3)4;1-2-4-6-5-3-1;/h5-7H,8-10H2,1-4H3,(H,16,19);1-6H;1H. The van der Waals surface area contributed by atoms with E-state index in [4.69, 9.17) is 0 Å². The Morgan fingerprint density at radius 3 is 2.36 bits per heavy atom. The van der Waals surface area contributed by atoms with Gasteiger partial charge < -0.3 is 10.2 Å². The van der Waals surface area contributed by atoms with E-state index in [-0.39, 0.29) is 12.9 Å². The van der Waals surface area contributed by atoms with Crippen molar-refractivity contribution in [3.8, 4) is 0 Å². The second-order valence-corrected chi connectivity index (χ2v) is 7.03. The van der Waals surface area contributed by atoms with Crippen molar-refractivity contribution in [3.63, 3.8) is 0 Å². The number of fused-ring (bicyclic) bond motifs is 1. The lowest BCUT2D eigenvalue weighted by atomic mass is 9.91. The van der Waals surface area contributed by atoms with Crippen molar-refractivity contribution in [2.24, 2.45) is 0 Å². The molecule has 25 heavy (non-hydrogen) atoms. The Morgan fingerprint density at radius 2 is 1.80 bits per heavy atom. The molecule has 0 saturated carbocycles. The Balaban J connectivity index is 0.000000410. The van der Waals surface area contributed by atoms with Gasteiger partial charge in [-0.1, -0.05) is 50.2 Å². The molecule has 0 bridgehead atoms. The number of rotatable bonds is 3. The summed E-state index contributed by atoms with van der Waals surface area (Å²) in [6.45, 7) is 6.40.